The highest BCUT2D eigenvalue weighted by Gasteiger charge is 2.18. The minimum atomic E-state index is -0.635. The van der Waals surface area contributed by atoms with Gasteiger partial charge in [-0.05, 0) is 36.8 Å². The molecule has 2 N–H and O–H groups in total. The van der Waals surface area contributed by atoms with Crippen molar-refractivity contribution in [2.24, 2.45) is 0 Å². The summed E-state index contributed by atoms with van der Waals surface area (Å²) in [6, 6.07) is 21.0. The maximum absolute atomic E-state index is 12.8. The second kappa shape index (κ2) is 10.6. The zero-order valence-corrected chi connectivity index (χ0v) is 19.4. The van der Waals surface area contributed by atoms with Crippen LogP contribution in [0.2, 0.25) is 0 Å². The molecule has 0 aliphatic rings. The van der Waals surface area contributed by atoms with Crippen molar-refractivity contribution in [2.75, 3.05) is 13.7 Å². The van der Waals surface area contributed by atoms with Crippen molar-refractivity contribution in [2.45, 2.75) is 19.4 Å². The molecule has 1 aromatic heterocycles. The molecule has 3 aromatic carbocycles. The number of carbonyl (C=O) groups excluding carboxylic acids is 2. The highest BCUT2D eigenvalue weighted by molar-refractivity contribution is 5.93. The van der Waals surface area contributed by atoms with Crippen LogP contribution in [0.25, 0.3) is 10.9 Å². The average molecular weight is 472 g/mol. The van der Waals surface area contributed by atoms with Crippen LogP contribution in [-0.4, -0.2) is 35.6 Å². The molecule has 0 spiro atoms. The maximum atomic E-state index is 12.8. The molecule has 0 bridgehead atoms. The van der Waals surface area contributed by atoms with Gasteiger partial charge in [0.15, 0.2) is 6.61 Å². The van der Waals surface area contributed by atoms with E-state index in [1.165, 1.54) is 0 Å². The van der Waals surface area contributed by atoms with Crippen LogP contribution in [0.15, 0.2) is 77.6 Å². The third kappa shape index (κ3) is 5.55. The van der Waals surface area contributed by atoms with Crippen LogP contribution in [0.1, 0.15) is 40.3 Å². The van der Waals surface area contributed by atoms with E-state index in [1.807, 2.05) is 37.3 Å². The predicted molar refractivity (Wildman–Crippen MR) is 131 cm³/mol. The molecule has 4 aromatic rings. The Morgan fingerprint density at radius 1 is 1.00 bits per heavy atom. The number of hydrogen-bond acceptors (Lipinski definition) is 6. The number of fused-ring (bicyclic) bond motifs is 1. The molecule has 0 fully saturated rings. The number of aromatic nitrogens is 2. The molecule has 35 heavy (non-hydrogen) atoms. The number of benzene rings is 3. The van der Waals surface area contributed by atoms with Crippen molar-refractivity contribution in [3.05, 3.63) is 106 Å². The Hall–Kier alpha value is -4.46. The fourth-order valence-electron chi connectivity index (χ4n) is 3.87. The Labute approximate surface area is 201 Å². The lowest BCUT2D eigenvalue weighted by Crippen LogP contribution is -2.31. The lowest BCUT2D eigenvalue weighted by atomic mass is 10.0. The number of methoxy groups -OCH3 is 1. The second-order valence-electron chi connectivity index (χ2n) is 7.97. The van der Waals surface area contributed by atoms with Gasteiger partial charge in [-0.15, -0.1) is 0 Å². The van der Waals surface area contributed by atoms with E-state index < -0.39 is 18.5 Å². The van der Waals surface area contributed by atoms with Gasteiger partial charge in [-0.1, -0.05) is 48.5 Å². The average Bonchev–Trinajstić information content (AvgIpc) is 2.87. The van der Waals surface area contributed by atoms with Gasteiger partial charge in [0.25, 0.3) is 11.5 Å². The SMILES string of the molecule is COc1ccccc1C(C)NC(=O)COC(=O)c1ccccc1Cc1nc2ccccc2c(=O)[nH]1. The van der Waals surface area contributed by atoms with E-state index in [9.17, 15) is 14.4 Å². The molecule has 0 aliphatic carbocycles. The van der Waals surface area contributed by atoms with Crippen LogP contribution in [0, 0.1) is 0 Å². The van der Waals surface area contributed by atoms with E-state index in [1.54, 1.807) is 49.6 Å². The fraction of sp³-hybridized carbons (Fsp3) is 0.185. The molecule has 0 saturated carbocycles. The summed E-state index contributed by atoms with van der Waals surface area (Å²) in [7, 11) is 1.57. The van der Waals surface area contributed by atoms with Crippen molar-refractivity contribution >= 4 is 22.8 Å². The third-order valence-electron chi connectivity index (χ3n) is 5.57. The summed E-state index contributed by atoms with van der Waals surface area (Å²) in [4.78, 5) is 44.8. The number of ether oxygens (including phenoxy) is 2. The number of aromatic amines is 1. The van der Waals surface area contributed by atoms with Crippen LogP contribution in [0.5, 0.6) is 5.75 Å². The molecule has 0 saturated heterocycles. The van der Waals surface area contributed by atoms with Gasteiger partial charge in [0.2, 0.25) is 0 Å². The molecular weight excluding hydrogens is 446 g/mol. The summed E-state index contributed by atoms with van der Waals surface area (Å²) in [6.45, 7) is 1.39. The second-order valence-corrected chi connectivity index (χ2v) is 7.97. The number of para-hydroxylation sites is 2. The summed E-state index contributed by atoms with van der Waals surface area (Å²) in [5, 5.41) is 3.31. The van der Waals surface area contributed by atoms with Gasteiger partial charge >= 0.3 is 5.97 Å². The zero-order valence-electron chi connectivity index (χ0n) is 19.4. The molecule has 8 heteroatoms. The van der Waals surface area contributed by atoms with Gasteiger partial charge in [-0.25, -0.2) is 9.78 Å². The maximum Gasteiger partial charge on any atom is 0.338 e. The van der Waals surface area contributed by atoms with E-state index >= 15 is 0 Å². The number of nitrogens with one attached hydrogen (secondary N) is 2. The van der Waals surface area contributed by atoms with Gasteiger partial charge in [0.1, 0.15) is 11.6 Å². The normalized spacial score (nSPS) is 11.6. The van der Waals surface area contributed by atoms with Crippen molar-refractivity contribution < 1.29 is 19.1 Å². The first kappa shape index (κ1) is 23.7. The van der Waals surface area contributed by atoms with Crippen molar-refractivity contribution in [1.29, 1.82) is 0 Å². The number of hydrogen-bond donors (Lipinski definition) is 2. The lowest BCUT2D eigenvalue weighted by Gasteiger charge is -2.17. The smallest absolute Gasteiger partial charge is 0.338 e. The Morgan fingerprint density at radius 2 is 1.71 bits per heavy atom. The highest BCUT2D eigenvalue weighted by Crippen LogP contribution is 2.24. The molecule has 178 valence electrons. The molecule has 0 aliphatic heterocycles. The quantitative estimate of drug-likeness (QED) is 0.380. The van der Waals surface area contributed by atoms with Gasteiger partial charge < -0.3 is 19.8 Å². The summed E-state index contributed by atoms with van der Waals surface area (Å²) in [5.41, 5.74) is 2.07. The minimum Gasteiger partial charge on any atom is -0.496 e. The summed E-state index contributed by atoms with van der Waals surface area (Å²) >= 11 is 0. The molecule has 1 heterocycles. The molecule has 8 nitrogen and oxygen atoms in total. The number of esters is 1. The van der Waals surface area contributed by atoms with Crippen molar-refractivity contribution in [3.63, 3.8) is 0 Å². The van der Waals surface area contributed by atoms with Crippen LogP contribution in [-0.2, 0) is 16.0 Å². The summed E-state index contributed by atoms with van der Waals surface area (Å²) < 4.78 is 10.6. The number of amides is 1. The molecule has 1 unspecified atom stereocenters. The Bertz CT molecular complexity index is 1430. The Morgan fingerprint density at radius 3 is 2.54 bits per heavy atom. The van der Waals surface area contributed by atoms with Gasteiger partial charge in [-0.3, -0.25) is 9.59 Å². The standard InChI is InChI=1S/C27H25N3O5/c1-17(19-10-6-8-14-23(19)34-2)28-25(31)16-35-27(33)20-11-4-3-9-18(20)15-24-29-22-13-7-5-12-21(22)26(32)30-24/h3-14,17H,15-16H2,1-2H3,(H,28,31)(H,29,30,32). The van der Waals surface area contributed by atoms with Crippen LogP contribution in [0.4, 0.5) is 0 Å². The summed E-state index contributed by atoms with van der Waals surface area (Å²) in [5.74, 6) is 0.0162. The molecule has 4 rings (SSSR count). The van der Waals surface area contributed by atoms with Crippen LogP contribution >= 0.6 is 0 Å². The van der Waals surface area contributed by atoms with E-state index in [2.05, 4.69) is 15.3 Å². The first-order valence-electron chi connectivity index (χ1n) is 11.1. The number of H-pyrrole nitrogens is 1. The van der Waals surface area contributed by atoms with E-state index in [0.717, 1.165) is 5.56 Å². The molecule has 1 atom stereocenters. The Balaban J connectivity index is 1.43. The largest absolute Gasteiger partial charge is 0.496 e. The Kier molecular flexibility index (Phi) is 7.21. The van der Waals surface area contributed by atoms with Crippen LogP contribution in [0.3, 0.4) is 0 Å². The first-order valence-corrected chi connectivity index (χ1v) is 11.1. The monoisotopic (exact) mass is 471 g/mol. The molecule has 0 radical (unpaired) electrons. The topological polar surface area (TPSA) is 110 Å². The van der Waals surface area contributed by atoms with Gasteiger partial charge in [0, 0.05) is 12.0 Å². The van der Waals surface area contributed by atoms with Gasteiger partial charge in [-0.2, -0.15) is 0 Å². The van der Waals surface area contributed by atoms with E-state index in [0.29, 0.717) is 33.6 Å². The van der Waals surface area contributed by atoms with Crippen molar-refractivity contribution in [3.8, 4) is 5.75 Å². The third-order valence-corrected chi connectivity index (χ3v) is 5.57. The van der Waals surface area contributed by atoms with Crippen LogP contribution < -0.4 is 15.6 Å². The molecule has 1 amide bonds. The summed E-state index contributed by atoms with van der Waals surface area (Å²) in [6.07, 6.45) is 0.225. The number of rotatable bonds is 8. The predicted octanol–water partition coefficient (Wildman–Crippen LogP) is 3.56. The minimum absolute atomic E-state index is 0.225. The number of carbonyl (C=O) groups is 2. The first-order chi connectivity index (χ1) is 17.0. The van der Waals surface area contributed by atoms with E-state index in [-0.39, 0.29) is 18.0 Å². The zero-order chi connectivity index (χ0) is 24.8. The lowest BCUT2D eigenvalue weighted by molar-refractivity contribution is -0.124. The highest BCUT2D eigenvalue weighted by atomic mass is 16.5. The van der Waals surface area contributed by atoms with E-state index in [4.69, 9.17) is 9.47 Å². The van der Waals surface area contributed by atoms with Crippen molar-refractivity contribution in [1.82, 2.24) is 15.3 Å². The van der Waals surface area contributed by atoms with Gasteiger partial charge in [0.05, 0.1) is 29.6 Å². The molecular formula is C27H25N3O5. The number of nitrogens with zero attached hydrogens (tertiary/aromatic N) is 1. The fourth-order valence-corrected chi connectivity index (χ4v) is 3.87.